The number of benzene rings is 1. The lowest BCUT2D eigenvalue weighted by Gasteiger charge is -2.26. The molecule has 0 bridgehead atoms. The molecular weight excluding hydrogens is 252 g/mol. The Balaban J connectivity index is 2.02. The van der Waals surface area contributed by atoms with Crippen LogP contribution in [0, 0.1) is 0 Å². The number of nitrogens with zero attached hydrogens (tertiary/aromatic N) is 2. The SMILES string of the molecule is O=C=NCc1ccc(CN2CCOCC2)c(Cl)c1. The number of morpholine rings is 1. The zero-order chi connectivity index (χ0) is 12.8. The van der Waals surface area contributed by atoms with Crippen molar-refractivity contribution in [2.24, 2.45) is 4.99 Å². The number of halogens is 1. The summed E-state index contributed by atoms with van der Waals surface area (Å²) in [5.41, 5.74) is 2.02. The third kappa shape index (κ3) is 3.65. The van der Waals surface area contributed by atoms with Crippen LogP contribution in [0.15, 0.2) is 23.2 Å². The smallest absolute Gasteiger partial charge is 0.235 e. The highest BCUT2D eigenvalue weighted by Crippen LogP contribution is 2.20. The highest BCUT2D eigenvalue weighted by atomic mass is 35.5. The highest BCUT2D eigenvalue weighted by molar-refractivity contribution is 6.31. The van der Waals surface area contributed by atoms with E-state index >= 15 is 0 Å². The summed E-state index contributed by atoms with van der Waals surface area (Å²) in [6.07, 6.45) is 1.53. The molecule has 0 saturated carbocycles. The van der Waals surface area contributed by atoms with Crippen LogP contribution in [-0.4, -0.2) is 37.3 Å². The van der Waals surface area contributed by atoms with Gasteiger partial charge in [-0.15, -0.1) is 0 Å². The van der Waals surface area contributed by atoms with Crippen molar-refractivity contribution >= 4 is 17.7 Å². The lowest BCUT2D eigenvalue weighted by molar-refractivity contribution is 0.0342. The third-order valence-electron chi connectivity index (χ3n) is 2.94. The molecular formula is C13H15ClN2O2. The third-order valence-corrected chi connectivity index (χ3v) is 3.29. The van der Waals surface area contributed by atoms with Gasteiger partial charge >= 0.3 is 0 Å². The van der Waals surface area contributed by atoms with Crippen molar-refractivity contribution in [3.63, 3.8) is 0 Å². The summed E-state index contributed by atoms with van der Waals surface area (Å²) in [5, 5.41) is 0.722. The summed E-state index contributed by atoms with van der Waals surface area (Å²) < 4.78 is 5.31. The molecule has 0 spiro atoms. The lowest BCUT2D eigenvalue weighted by Crippen LogP contribution is -2.35. The van der Waals surface area contributed by atoms with Crippen LogP contribution in [0.5, 0.6) is 0 Å². The van der Waals surface area contributed by atoms with Crippen molar-refractivity contribution in [1.29, 1.82) is 0 Å². The van der Waals surface area contributed by atoms with Gasteiger partial charge in [0.1, 0.15) is 0 Å². The summed E-state index contributed by atoms with van der Waals surface area (Å²) in [6.45, 7) is 4.61. The molecule has 0 radical (unpaired) electrons. The molecule has 0 aliphatic carbocycles. The van der Waals surface area contributed by atoms with Gasteiger partial charge in [0.15, 0.2) is 0 Å². The van der Waals surface area contributed by atoms with Crippen molar-refractivity contribution in [2.75, 3.05) is 26.3 Å². The number of rotatable bonds is 4. The van der Waals surface area contributed by atoms with Crippen molar-refractivity contribution in [1.82, 2.24) is 4.90 Å². The minimum atomic E-state index is 0.334. The monoisotopic (exact) mass is 266 g/mol. The molecule has 18 heavy (non-hydrogen) atoms. The minimum absolute atomic E-state index is 0.334. The van der Waals surface area contributed by atoms with Crippen molar-refractivity contribution in [2.45, 2.75) is 13.1 Å². The van der Waals surface area contributed by atoms with Crippen LogP contribution < -0.4 is 0 Å². The topological polar surface area (TPSA) is 41.9 Å². The van der Waals surface area contributed by atoms with Gasteiger partial charge in [-0.2, -0.15) is 0 Å². The number of carbonyl (C=O) groups excluding carboxylic acids is 1. The van der Waals surface area contributed by atoms with Gasteiger partial charge < -0.3 is 4.74 Å². The number of hydrogen-bond acceptors (Lipinski definition) is 4. The number of isocyanates is 1. The quantitative estimate of drug-likeness (QED) is 0.618. The molecule has 1 aromatic carbocycles. The fraction of sp³-hybridized carbons (Fsp3) is 0.462. The number of hydrogen-bond donors (Lipinski definition) is 0. The summed E-state index contributed by atoms with van der Waals surface area (Å²) in [6, 6.07) is 5.80. The first-order valence-electron chi connectivity index (χ1n) is 5.90. The molecule has 0 unspecified atom stereocenters. The van der Waals surface area contributed by atoms with E-state index in [-0.39, 0.29) is 0 Å². The second kappa shape index (κ2) is 6.66. The van der Waals surface area contributed by atoms with Crippen LogP contribution in [-0.2, 0) is 22.6 Å². The fourth-order valence-electron chi connectivity index (χ4n) is 1.94. The Bertz CT molecular complexity index is 452. The normalized spacial score (nSPS) is 16.3. The Morgan fingerprint density at radius 2 is 2.17 bits per heavy atom. The van der Waals surface area contributed by atoms with Crippen LogP contribution in [0.4, 0.5) is 0 Å². The van der Waals surface area contributed by atoms with Crippen molar-refractivity contribution in [3.8, 4) is 0 Å². The molecule has 0 N–H and O–H groups in total. The molecule has 4 nitrogen and oxygen atoms in total. The van der Waals surface area contributed by atoms with Crippen LogP contribution >= 0.6 is 11.6 Å². The van der Waals surface area contributed by atoms with Crippen LogP contribution in [0.25, 0.3) is 0 Å². The Hall–Kier alpha value is -1.19. The number of aliphatic imine (C=N–C) groups is 1. The highest BCUT2D eigenvalue weighted by Gasteiger charge is 2.12. The molecule has 0 atom stereocenters. The van der Waals surface area contributed by atoms with Crippen molar-refractivity contribution < 1.29 is 9.53 Å². The van der Waals surface area contributed by atoms with E-state index in [1.807, 2.05) is 18.2 Å². The second-order valence-electron chi connectivity index (χ2n) is 4.22. The van der Waals surface area contributed by atoms with Gasteiger partial charge in [0.25, 0.3) is 0 Å². The maximum absolute atomic E-state index is 10.0. The van der Waals surface area contributed by atoms with Gasteiger partial charge in [-0.3, -0.25) is 4.90 Å². The first-order valence-corrected chi connectivity index (χ1v) is 6.28. The van der Waals surface area contributed by atoms with Gasteiger partial charge in [0.2, 0.25) is 6.08 Å². The maximum Gasteiger partial charge on any atom is 0.235 e. The van der Waals surface area contributed by atoms with E-state index in [4.69, 9.17) is 16.3 Å². The van der Waals surface area contributed by atoms with Crippen LogP contribution in [0.3, 0.4) is 0 Å². The molecule has 5 heteroatoms. The fourth-order valence-corrected chi connectivity index (χ4v) is 2.20. The Morgan fingerprint density at radius 1 is 1.39 bits per heavy atom. The van der Waals surface area contributed by atoms with E-state index < -0.39 is 0 Å². The largest absolute Gasteiger partial charge is 0.379 e. The molecule has 0 amide bonds. The van der Waals surface area contributed by atoms with E-state index in [0.29, 0.717) is 6.54 Å². The standard InChI is InChI=1S/C13H15ClN2O2/c14-13-7-11(8-15-10-17)1-2-12(13)9-16-3-5-18-6-4-16/h1-2,7H,3-6,8-9H2. The van der Waals surface area contributed by atoms with Crippen molar-refractivity contribution in [3.05, 3.63) is 34.3 Å². The minimum Gasteiger partial charge on any atom is -0.379 e. The molecule has 1 aliphatic rings. The number of ether oxygens (including phenoxy) is 1. The van der Waals surface area contributed by atoms with Gasteiger partial charge in [0, 0.05) is 24.7 Å². The zero-order valence-electron chi connectivity index (χ0n) is 10.1. The van der Waals surface area contributed by atoms with Gasteiger partial charge in [-0.1, -0.05) is 23.7 Å². The van der Waals surface area contributed by atoms with E-state index in [2.05, 4.69) is 9.89 Å². The zero-order valence-corrected chi connectivity index (χ0v) is 10.8. The summed E-state index contributed by atoms with van der Waals surface area (Å²) >= 11 is 6.23. The van der Waals surface area contributed by atoms with E-state index in [0.717, 1.165) is 49.0 Å². The Kier molecular flexibility index (Phi) is 4.90. The molecule has 1 heterocycles. The predicted molar refractivity (Wildman–Crippen MR) is 69.4 cm³/mol. The molecule has 2 rings (SSSR count). The predicted octanol–water partition coefficient (Wildman–Crippen LogP) is 2.01. The molecule has 0 aromatic heterocycles. The first kappa shape index (κ1) is 13.2. The summed E-state index contributed by atoms with van der Waals surface area (Å²) in [5.74, 6) is 0. The molecule has 1 fully saturated rings. The van der Waals surface area contributed by atoms with Crippen LogP contribution in [0.1, 0.15) is 11.1 Å². The van der Waals surface area contributed by atoms with Gasteiger partial charge in [0.05, 0.1) is 19.8 Å². The average molecular weight is 267 g/mol. The van der Waals surface area contributed by atoms with E-state index in [1.54, 1.807) is 0 Å². The molecule has 1 saturated heterocycles. The van der Waals surface area contributed by atoms with E-state index in [1.165, 1.54) is 6.08 Å². The lowest BCUT2D eigenvalue weighted by atomic mass is 10.1. The maximum atomic E-state index is 10.0. The summed E-state index contributed by atoms with van der Waals surface area (Å²) in [7, 11) is 0. The summed E-state index contributed by atoms with van der Waals surface area (Å²) in [4.78, 5) is 15.9. The molecule has 1 aromatic rings. The van der Waals surface area contributed by atoms with Crippen LogP contribution in [0.2, 0.25) is 5.02 Å². The molecule has 96 valence electrons. The molecule has 1 aliphatic heterocycles. The Morgan fingerprint density at radius 3 is 2.83 bits per heavy atom. The first-order chi connectivity index (χ1) is 8.79. The van der Waals surface area contributed by atoms with E-state index in [9.17, 15) is 4.79 Å². The van der Waals surface area contributed by atoms with Gasteiger partial charge in [-0.05, 0) is 17.2 Å². The Labute approximate surface area is 111 Å². The average Bonchev–Trinajstić information content (AvgIpc) is 2.40. The second-order valence-corrected chi connectivity index (χ2v) is 4.63. The van der Waals surface area contributed by atoms with Gasteiger partial charge in [-0.25, -0.2) is 9.79 Å².